The first-order chi connectivity index (χ1) is 16.1. The third-order valence-corrected chi connectivity index (χ3v) is 8.84. The second kappa shape index (κ2) is 8.12. The molecule has 5 rings (SSSR count). The summed E-state index contributed by atoms with van der Waals surface area (Å²) in [6.07, 6.45) is -0.997. The van der Waals surface area contributed by atoms with Gasteiger partial charge in [-0.05, 0) is 31.5 Å². The average Bonchev–Trinajstić information content (AvgIpc) is 3.39. The fourth-order valence-electron chi connectivity index (χ4n) is 4.70. The Balaban J connectivity index is 1.58. The van der Waals surface area contributed by atoms with Gasteiger partial charge in [0.2, 0.25) is 5.91 Å². The van der Waals surface area contributed by atoms with Gasteiger partial charge >= 0.3 is 0 Å². The van der Waals surface area contributed by atoms with Gasteiger partial charge in [-0.25, -0.2) is 4.90 Å². The molecule has 2 amide bonds. The van der Waals surface area contributed by atoms with Gasteiger partial charge in [0, 0.05) is 19.2 Å². The number of anilines is 1. The predicted octanol–water partition coefficient (Wildman–Crippen LogP) is 3.51. The maximum Gasteiger partial charge on any atom is 0.269 e. The number of hydrogen-bond donors (Lipinski definition) is 0. The van der Waals surface area contributed by atoms with Crippen molar-refractivity contribution in [3.63, 3.8) is 0 Å². The van der Waals surface area contributed by atoms with Crippen molar-refractivity contribution in [2.45, 2.75) is 36.9 Å². The van der Waals surface area contributed by atoms with Gasteiger partial charge in [0.1, 0.15) is 9.69 Å². The van der Waals surface area contributed by atoms with Crippen LogP contribution in [0.3, 0.4) is 0 Å². The summed E-state index contributed by atoms with van der Waals surface area (Å²) in [4.78, 5) is 47.2. The van der Waals surface area contributed by atoms with E-state index in [9.17, 15) is 19.7 Å². The number of hydroxylamine groups is 2. The maximum atomic E-state index is 13.7. The van der Waals surface area contributed by atoms with Gasteiger partial charge in [-0.15, -0.1) is 0 Å². The number of fused-ring (bicyclic) bond motifs is 1. The van der Waals surface area contributed by atoms with Crippen molar-refractivity contribution in [3.05, 3.63) is 70.3 Å². The number of carbonyl (C=O) groups is 2. The fourth-order valence-corrected chi connectivity index (χ4v) is 6.52. The zero-order chi connectivity index (χ0) is 24.4. The van der Waals surface area contributed by atoms with E-state index >= 15 is 0 Å². The summed E-state index contributed by atoms with van der Waals surface area (Å²) in [6, 6.07) is 14.2. The number of carbonyl (C=O) groups excluding carboxylic acids is 2. The van der Waals surface area contributed by atoms with Crippen LogP contribution >= 0.6 is 24.0 Å². The van der Waals surface area contributed by atoms with Gasteiger partial charge in [0.25, 0.3) is 11.6 Å². The Hall–Kier alpha value is -2.86. The Kier molecular flexibility index (Phi) is 5.47. The minimum atomic E-state index is -0.997. The van der Waals surface area contributed by atoms with E-state index in [1.165, 1.54) is 28.8 Å². The molecular formula is C23H22N4O5S2. The summed E-state index contributed by atoms with van der Waals surface area (Å²) in [6.45, 7) is 4.04. The van der Waals surface area contributed by atoms with Crippen molar-refractivity contribution in [2.75, 3.05) is 11.9 Å². The third kappa shape index (κ3) is 3.34. The molecule has 3 heterocycles. The summed E-state index contributed by atoms with van der Waals surface area (Å²) in [5.41, 5.74) is 0.638. The Morgan fingerprint density at radius 3 is 2.26 bits per heavy atom. The van der Waals surface area contributed by atoms with Gasteiger partial charge in [0.05, 0.1) is 28.1 Å². The van der Waals surface area contributed by atoms with Crippen molar-refractivity contribution in [1.29, 1.82) is 0 Å². The number of nitro groups is 1. The molecule has 0 radical (unpaired) electrons. The van der Waals surface area contributed by atoms with Crippen LogP contribution in [-0.2, 0) is 14.4 Å². The van der Waals surface area contributed by atoms with Crippen molar-refractivity contribution < 1.29 is 19.3 Å². The smallest absolute Gasteiger partial charge is 0.269 e. The molecule has 3 aliphatic heterocycles. The predicted molar refractivity (Wildman–Crippen MR) is 131 cm³/mol. The SMILES string of the molecule is CN1C(=S)S[C@H](N2O[C@@H]3C(=O)N(c4ccccc4)C(=O)[C@H]3[C@H]2c2ccc([N+](=O)[O-])cc2)C1(C)C. The van der Waals surface area contributed by atoms with Gasteiger partial charge < -0.3 is 4.90 Å². The van der Waals surface area contributed by atoms with Crippen molar-refractivity contribution in [3.8, 4) is 0 Å². The van der Waals surface area contributed by atoms with Crippen LogP contribution in [0.15, 0.2) is 54.6 Å². The highest BCUT2D eigenvalue weighted by Crippen LogP contribution is 2.52. The van der Waals surface area contributed by atoms with Crippen molar-refractivity contribution in [1.82, 2.24) is 9.96 Å². The third-order valence-electron chi connectivity index (χ3n) is 6.79. The lowest BCUT2D eigenvalue weighted by Gasteiger charge is -2.39. The van der Waals surface area contributed by atoms with Crippen LogP contribution in [0.1, 0.15) is 25.5 Å². The number of amides is 2. The number of thiocarbonyl (C=S) groups is 1. The number of para-hydroxylation sites is 1. The molecule has 3 fully saturated rings. The normalized spacial score (nSPS) is 28.6. The number of imide groups is 1. The largest absolute Gasteiger partial charge is 0.353 e. The van der Waals surface area contributed by atoms with Crippen LogP contribution in [-0.4, -0.2) is 55.1 Å². The lowest BCUT2D eigenvalue weighted by molar-refractivity contribution is -0.384. The van der Waals surface area contributed by atoms with E-state index in [1.54, 1.807) is 41.5 Å². The first-order valence-corrected chi connectivity index (χ1v) is 12.0. The molecule has 0 N–H and O–H groups in total. The summed E-state index contributed by atoms with van der Waals surface area (Å²) in [5, 5.41) is 12.6. The molecule has 0 saturated carbocycles. The molecule has 3 saturated heterocycles. The summed E-state index contributed by atoms with van der Waals surface area (Å²) in [7, 11) is 1.90. The van der Waals surface area contributed by atoms with E-state index in [2.05, 4.69) is 0 Å². The number of thioether (sulfide) groups is 1. The van der Waals surface area contributed by atoms with E-state index in [1.807, 2.05) is 31.9 Å². The highest BCUT2D eigenvalue weighted by atomic mass is 32.2. The monoisotopic (exact) mass is 498 g/mol. The van der Waals surface area contributed by atoms with Crippen LogP contribution in [0.4, 0.5) is 11.4 Å². The first-order valence-electron chi connectivity index (χ1n) is 10.7. The quantitative estimate of drug-likeness (QED) is 0.272. The lowest BCUT2D eigenvalue weighted by Crippen LogP contribution is -2.51. The molecule has 0 aromatic heterocycles. The van der Waals surface area contributed by atoms with Gasteiger partial charge in [-0.1, -0.05) is 54.3 Å². The Morgan fingerprint density at radius 2 is 1.71 bits per heavy atom. The minimum absolute atomic E-state index is 0.0537. The van der Waals surface area contributed by atoms with Crippen LogP contribution in [0.2, 0.25) is 0 Å². The molecule has 34 heavy (non-hydrogen) atoms. The molecule has 0 spiro atoms. The molecule has 2 aromatic rings. The van der Waals surface area contributed by atoms with Crippen LogP contribution in [0, 0.1) is 16.0 Å². The minimum Gasteiger partial charge on any atom is -0.353 e. The number of benzene rings is 2. The number of likely N-dealkylation sites (N-methyl/N-ethyl adjacent to an activating group) is 1. The molecule has 0 aliphatic carbocycles. The molecule has 176 valence electrons. The van der Waals surface area contributed by atoms with E-state index in [4.69, 9.17) is 17.1 Å². The summed E-state index contributed by atoms with van der Waals surface area (Å²) >= 11 is 6.96. The van der Waals surface area contributed by atoms with Crippen LogP contribution in [0.5, 0.6) is 0 Å². The highest BCUT2D eigenvalue weighted by Gasteiger charge is 2.63. The lowest BCUT2D eigenvalue weighted by atomic mass is 9.90. The summed E-state index contributed by atoms with van der Waals surface area (Å²) in [5.74, 6) is -1.58. The van der Waals surface area contributed by atoms with E-state index in [-0.39, 0.29) is 17.0 Å². The molecule has 2 aromatic carbocycles. The van der Waals surface area contributed by atoms with Gasteiger partial charge in [-0.2, -0.15) is 5.06 Å². The summed E-state index contributed by atoms with van der Waals surface area (Å²) < 4.78 is 0.682. The standard InChI is InChI=1S/C23H22N4O5S2/c1-23(2)21(34-22(33)24(23)3)26-17(13-9-11-15(12-10-13)27(30)31)16-18(32-26)20(29)25(19(16)28)14-7-5-4-6-8-14/h4-12,16-18,21H,1-3H3/t16-,17+,18-,21-/m0/s1. The number of hydrogen-bond acceptors (Lipinski definition) is 8. The Labute approximate surface area is 205 Å². The van der Waals surface area contributed by atoms with Crippen LogP contribution < -0.4 is 4.90 Å². The Bertz CT molecular complexity index is 1190. The molecule has 4 atom stereocenters. The fraction of sp³-hybridized carbons (Fsp3) is 0.348. The number of non-ortho nitro benzene ring substituents is 1. The number of nitro benzene ring substituents is 1. The van der Waals surface area contributed by atoms with Gasteiger partial charge in [-0.3, -0.25) is 24.5 Å². The first kappa shape index (κ1) is 22.9. The molecule has 0 unspecified atom stereocenters. The topological polar surface area (TPSA) is 96.2 Å². The number of nitrogens with zero attached hydrogens (tertiary/aromatic N) is 4. The maximum absolute atomic E-state index is 13.7. The van der Waals surface area contributed by atoms with Crippen molar-refractivity contribution in [2.24, 2.45) is 5.92 Å². The zero-order valence-electron chi connectivity index (χ0n) is 18.7. The highest BCUT2D eigenvalue weighted by molar-refractivity contribution is 8.23. The van der Waals surface area contributed by atoms with Crippen molar-refractivity contribution >= 4 is 51.5 Å². The van der Waals surface area contributed by atoms with Crippen LogP contribution in [0.25, 0.3) is 0 Å². The molecule has 9 nitrogen and oxygen atoms in total. The second-order valence-electron chi connectivity index (χ2n) is 9.00. The average molecular weight is 499 g/mol. The van der Waals surface area contributed by atoms with Gasteiger partial charge in [0.15, 0.2) is 6.10 Å². The zero-order valence-corrected chi connectivity index (χ0v) is 20.3. The van der Waals surface area contributed by atoms with E-state index in [0.717, 1.165) is 0 Å². The Morgan fingerprint density at radius 1 is 1.06 bits per heavy atom. The molecule has 0 bridgehead atoms. The molecule has 3 aliphatic rings. The molecule has 11 heteroatoms. The second-order valence-corrected chi connectivity index (χ2v) is 10.7. The number of rotatable bonds is 4. The van der Waals surface area contributed by atoms with E-state index in [0.29, 0.717) is 15.6 Å². The van der Waals surface area contributed by atoms with E-state index < -0.39 is 34.4 Å². The molecular weight excluding hydrogens is 476 g/mol.